The Morgan fingerprint density at radius 3 is 3.00 bits per heavy atom. The molecule has 0 saturated heterocycles. The van der Waals surface area contributed by atoms with Gasteiger partial charge in [-0.3, -0.25) is 0 Å². The lowest BCUT2D eigenvalue weighted by atomic mass is 10.3. The molecule has 0 radical (unpaired) electrons. The van der Waals surface area contributed by atoms with Crippen LogP contribution in [-0.2, 0) is 0 Å². The molecule has 0 bridgehead atoms. The van der Waals surface area contributed by atoms with Crippen LogP contribution in [0.5, 0.6) is 0 Å². The molecule has 1 aromatic heterocycles. The van der Waals surface area contributed by atoms with E-state index in [1.165, 1.54) is 0 Å². The highest BCUT2D eigenvalue weighted by atomic mass is 16.3. The minimum atomic E-state index is 0.900. The second kappa shape index (κ2) is 1.62. The van der Waals surface area contributed by atoms with Gasteiger partial charge >= 0.3 is 0 Å². The van der Waals surface area contributed by atoms with Crippen LogP contribution in [0.3, 0.4) is 0 Å². The fraction of sp³-hybridized carbons (Fsp3) is 0. The van der Waals surface area contributed by atoms with Crippen LogP contribution < -0.4 is 0 Å². The highest BCUT2D eigenvalue weighted by Crippen LogP contribution is 2.12. The lowest BCUT2D eigenvalue weighted by molar-refractivity contribution is 0.606. The van der Waals surface area contributed by atoms with E-state index < -0.39 is 0 Å². The largest absolute Gasteiger partial charge is 0.591 e. The van der Waals surface area contributed by atoms with E-state index in [0.717, 1.165) is 11.0 Å². The summed E-state index contributed by atoms with van der Waals surface area (Å²) in [6, 6.07) is 9.67. The molecule has 0 amide bonds. The Morgan fingerprint density at radius 2 is 2.11 bits per heavy atom. The minimum absolute atomic E-state index is 0.900. The Hall–Kier alpha value is -1.24. The zero-order valence-electron chi connectivity index (χ0n) is 4.79. The van der Waals surface area contributed by atoms with Gasteiger partial charge in [-0.05, 0) is 11.8 Å². The van der Waals surface area contributed by atoms with Gasteiger partial charge in [-0.25, -0.2) is 0 Å². The fourth-order valence-electron chi connectivity index (χ4n) is 0.849. The van der Waals surface area contributed by atoms with Crippen molar-refractivity contribution in [1.82, 2.24) is 0 Å². The van der Waals surface area contributed by atoms with E-state index in [4.69, 9.17) is 4.42 Å². The molecular weight excluding hydrogens is 112 g/mol. The lowest BCUT2D eigenvalue weighted by Crippen LogP contribution is -1.57. The molecule has 0 aliphatic carbocycles. The van der Waals surface area contributed by atoms with E-state index >= 15 is 0 Å². The minimum Gasteiger partial charge on any atom is -0.591 e. The summed E-state index contributed by atoms with van der Waals surface area (Å²) in [5.41, 5.74) is 0.900. The molecule has 9 heavy (non-hydrogen) atoms. The molecule has 0 atom stereocenters. The normalized spacial score (nSPS) is 10.2. The van der Waals surface area contributed by atoms with Crippen molar-refractivity contribution in [1.29, 1.82) is 0 Å². The lowest BCUT2D eigenvalue weighted by Gasteiger charge is -1.92. The van der Waals surface area contributed by atoms with Crippen LogP contribution in [0.2, 0.25) is 0 Å². The maximum Gasteiger partial charge on any atom is -0.00701 e. The molecule has 2 aromatic rings. The number of benzene rings is 1. The molecule has 0 unspecified atom stereocenters. The molecular formula is C8H5O-. The van der Waals surface area contributed by atoms with Crippen molar-refractivity contribution < 1.29 is 4.42 Å². The van der Waals surface area contributed by atoms with Crippen LogP contribution in [0.25, 0.3) is 11.0 Å². The average molecular weight is 117 g/mol. The maximum absolute atomic E-state index is 4.99. The van der Waals surface area contributed by atoms with Gasteiger partial charge < -0.3 is 4.42 Å². The molecule has 0 N–H and O–H groups in total. The predicted octanol–water partition coefficient (Wildman–Crippen LogP) is 2.23. The SMILES string of the molecule is [c-]1cc2ccccc2o1. The molecule has 2 rings (SSSR count). The number of furan rings is 1. The average Bonchev–Trinajstić information content (AvgIpc) is 2.33. The standard InChI is InChI=1S/C8H5O/c1-2-4-8-7(3-1)5-6-9-8/h1-5H/q-1. The first kappa shape index (κ1) is 4.62. The molecule has 1 heteroatoms. The Morgan fingerprint density at radius 1 is 1.22 bits per heavy atom. The van der Waals surface area contributed by atoms with Crippen LogP contribution >= 0.6 is 0 Å². The molecule has 0 spiro atoms. The third kappa shape index (κ3) is 0.617. The van der Waals surface area contributed by atoms with Gasteiger partial charge in [0.05, 0.1) is 0 Å². The Bertz CT molecular complexity index is 279. The first-order valence-corrected chi connectivity index (χ1v) is 2.81. The van der Waals surface area contributed by atoms with E-state index in [-0.39, 0.29) is 0 Å². The van der Waals surface area contributed by atoms with Gasteiger partial charge in [0.15, 0.2) is 0 Å². The van der Waals surface area contributed by atoms with Gasteiger partial charge in [0.2, 0.25) is 0 Å². The fourth-order valence-corrected chi connectivity index (χ4v) is 0.849. The van der Waals surface area contributed by atoms with Crippen LogP contribution in [0.1, 0.15) is 0 Å². The number of hydrogen-bond acceptors (Lipinski definition) is 1. The van der Waals surface area contributed by atoms with Crippen molar-refractivity contribution in [3.8, 4) is 0 Å². The molecule has 1 aromatic carbocycles. The van der Waals surface area contributed by atoms with Gasteiger partial charge in [0, 0.05) is 0 Å². The molecule has 0 fully saturated rings. The zero-order valence-corrected chi connectivity index (χ0v) is 4.79. The van der Waals surface area contributed by atoms with Crippen molar-refractivity contribution in [3.05, 3.63) is 36.6 Å². The molecule has 0 aliphatic heterocycles. The van der Waals surface area contributed by atoms with Crippen LogP contribution in [0.15, 0.2) is 34.7 Å². The Kier molecular flexibility index (Phi) is 0.833. The second-order valence-electron chi connectivity index (χ2n) is 1.90. The van der Waals surface area contributed by atoms with Crippen LogP contribution in [0.4, 0.5) is 0 Å². The summed E-state index contributed by atoms with van der Waals surface area (Å²) in [4.78, 5) is 0. The summed E-state index contributed by atoms with van der Waals surface area (Å²) >= 11 is 0. The summed E-state index contributed by atoms with van der Waals surface area (Å²) in [7, 11) is 0. The summed E-state index contributed by atoms with van der Waals surface area (Å²) in [6.45, 7) is 0. The quantitative estimate of drug-likeness (QED) is 0.482. The molecule has 0 saturated carbocycles. The first-order valence-electron chi connectivity index (χ1n) is 2.81. The van der Waals surface area contributed by atoms with E-state index in [9.17, 15) is 0 Å². The highest BCUT2D eigenvalue weighted by molar-refractivity contribution is 5.76. The van der Waals surface area contributed by atoms with Gasteiger partial charge in [-0.1, -0.05) is 18.2 Å². The number of para-hydroxylation sites is 1. The summed E-state index contributed by atoms with van der Waals surface area (Å²) in [5, 5.41) is 1.11. The Balaban J connectivity index is 2.95. The summed E-state index contributed by atoms with van der Waals surface area (Å²) in [6.07, 6.45) is 2.66. The topological polar surface area (TPSA) is 13.1 Å². The van der Waals surface area contributed by atoms with Gasteiger partial charge in [-0.2, -0.15) is 0 Å². The van der Waals surface area contributed by atoms with Crippen LogP contribution in [-0.4, -0.2) is 0 Å². The zero-order chi connectivity index (χ0) is 6.10. The van der Waals surface area contributed by atoms with Crippen molar-refractivity contribution in [2.24, 2.45) is 0 Å². The molecule has 0 aliphatic rings. The molecule has 1 nitrogen and oxygen atoms in total. The van der Waals surface area contributed by atoms with Crippen molar-refractivity contribution in [2.45, 2.75) is 0 Å². The van der Waals surface area contributed by atoms with Crippen molar-refractivity contribution >= 4 is 11.0 Å². The van der Waals surface area contributed by atoms with Crippen molar-refractivity contribution in [2.75, 3.05) is 0 Å². The second-order valence-corrected chi connectivity index (χ2v) is 1.90. The van der Waals surface area contributed by atoms with Gasteiger partial charge in [0.1, 0.15) is 0 Å². The van der Waals surface area contributed by atoms with E-state index in [1.807, 2.05) is 30.3 Å². The van der Waals surface area contributed by atoms with Gasteiger partial charge in [-0.15, -0.1) is 17.5 Å². The molecule has 1 heterocycles. The smallest absolute Gasteiger partial charge is 0.00701 e. The van der Waals surface area contributed by atoms with Crippen molar-refractivity contribution in [3.63, 3.8) is 0 Å². The third-order valence-electron chi connectivity index (χ3n) is 1.30. The third-order valence-corrected chi connectivity index (χ3v) is 1.30. The monoisotopic (exact) mass is 117 g/mol. The first-order chi connectivity index (χ1) is 4.47. The number of rotatable bonds is 0. The number of hydrogen-bond donors (Lipinski definition) is 0. The Labute approximate surface area is 52.9 Å². The predicted molar refractivity (Wildman–Crippen MR) is 35.1 cm³/mol. The number of fused-ring (bicyclic) bond motifs is 1. The van der Waals surface area contributed by atoms with Crippen LogP contribution in [0, 0.1) is 6.26 Å². The van der Waals surface area contributed by atoms with Gasteiger partial charge in [0.25, 0.3) is 0 Å². The van der Waals surface area contributed by atoms with E-state index in [0.29, 0.717) is 0 Å². The molecule has 44 valence electrons. The summed E-state index contributed by atoms with van der Waals surface area (Å²) < 4.78 is 4.99. The highest BCUT2D eigenvalue weighted by Gasteiger charge is 1.77. The summed E-state index contributed by atoms with van der Waals surface area (Å²) in [5.74, 6) is 0. The maximum atomic E-state index is 4.99. The van der Waals surface area contributed by atoms with E-state index in [1.54, 1.807) is 0 Å². The van der Waals surface area contributed by atoms with E-state index in [2.05, 4.69) is 6.26 Å².